The number of allylic oxidation sites excluding steroid dienone is 4. The number of hydrogen-bond donors (Lipinski definition) is 4. The highest BCUT2D eigenvalue weighted by Crippen LogP contribution is 2.17. The quantitative estimate of drug-likeness (QED) is 0.527. The van der Waals surface area contributed by atoms with Crippen LogP contribution in [0.15, 0.2) is 46.6 Å². The topological polar surface area (TPSA) is 80.9 Å². The maximum absolute atomic E-state index is 9.11. The summed E-state index contributed by atoms with van der Waals surface area (Å²) in [4.78, 5) is 0. The fourth-order valence-corrected chi connectivity index (χ4v) is 1.45. The lowest BCUT2D eigenvalue weighted by molar-refractivity contribution is 0.308. The van der Waals surface area contributed by atoms with Crippen molar-refractivity contribution in [3.63, 3.8) is 0 Å². The van der Waals surface area contributed by atoms with Gasteiger partial charge in [0.1, 0.15) is 0 Å². The van der Waals surface area contributed by atoms with Crippen molar-refractivity contribution in [2.75, 3.05) is 26.4 Å². The first kappa shape index (κ1) is 12.9. The third kappa shape index (κ3) is 2.90. The molecule has 0 aromatic heterocycles. The largest absolute Gasteiger partial charge is 0.392 e. The van der Waals surface area contributed by atoms with Gasteiger partial charge in [0.2, 0.25) is 0 Å². The molecular weight excluding hydrogens is 208 g/mol. The highest BCUT2D eigenvalue weighted by Gasteiger charge is 2.07. The smallest absolute Gasteiger partial charge is 0.0685 e. The zero-order valence-corrected chi connectivity index (χ0v) is 8.93. The van der Waals surface area contributed by atoms with E-state index >= 15 is 0 Å². The standard InChI is InChI=1S/C12H16O4/c13-5-9-1-2-10(6-14)12(8-16)4-3-11(9)7-15/h1-4,13-16H,5-8H2/b2-1?,4-3?,9-1-,10-2?,11-3-,11-9?,12-4?,12-10?. The Kier molecular flexibility index (Phi) is 5.14. The highest BCUT2D eigenvalue weighted by molar-refractivity contribution is 5.46. The Morgan fingerprint density at radius 3 is 0.812 bits per heavy atom. The monoisotopic (exact) mass is 224 g/mol. The van der Waals surface area contributed by atoms with Crippen molar-refractivity contribution in [2.45, 2.75) is 0 Å². The molecule has 0 spiro atoms. The molecule has 4 N–H and O–H groups in total. The molecule has 0 aliphatic heterocycles. The first-order valence-electron chi connectivity index (χ1n) is 5.00. The Bertz CT molecular complexity index is 289. The van der Waals surface area contributed by atoms with Gasteiger partial charge in [-0.1, -0.05) is 24.3 Å². The van der Waals surface area contributed by atoms with Crippen LogP contribution in [0.3, 0.4) is 0 Å². The summed E-state index contributed by atoms with van der Waals surface area (Å²) in [6.07, 6.45) is 6.54. The molecule has 0 atom stereocenters. The van der Waals surface area contributed by atoms with Gasteiger partial charge in [-0.15, -0.1) is 0 Å². The molecule has 1 aliphatic carbocycles. The van der Waals surface area contributed by atoms with Gasteiger partial charge in [-0.25, -0.2) is 0 Å². The van der Waals surface area contributed by atoms with E-state index in [0.717, 1.165) is 0 Å². The number of rotatable bonds is 4. The summed E-state index contributed by atoms with van der Waals surface area (Å²) in [7, 11) is 0. The molecule has 0 bridgehead atoms. The normalized spacial score (nSPS) is 23.2. The second-order valence-corrected chi connectivity index (χ2v) is 3.40. The van der Waals surface area contributed by atoms with Crippen molar-refractivity contribution >= 4 is 0 Å². The lowest BCUT2D eigenvalue weighted by atomic mass is 9.99. The van der Waals surface area contributed by atoms with E-state index in [4.69, 9.17) is 20.4 Å². The van der Waals surface area contributed by atoms with Crippen molar-refractivity contribution in [2.24, 2.45) is 0 Å². The Balaban J connectivity index is 3.13. The number of aliphatic hydroxyl groups excluding tert-OH is 4. The van der Waals surface area contributed by atoms with Gasteiger partial charge >= 0.3 is 0 Å². The predicted molar refractivity (Wildman–Crippen MR) is 60.7 cm³/mol. The SMILES string of the molecule is OCC1=C/C=C(CO)\C(CO)=C/C=C1CO. The van der Waals surface area contributed by atoms with E-state index in [1.165, 1.54) is 0 Å². The molecule has 1 rings (SSSR count). The predicted octanol–water partition coefficient (Wildman–Crippen LogP) is -0.325. The molecule has 4 heteroatoms. The van der Waals surface area contributed by atoms with E-state index in [9.17, 15) is 0 Å². The summed E-state index contributed by atoms with van der Waals surface area (Å²) in [6, 6.07) is 0. The summed E-state index contributed by atoms with van der Waals surface area (Å²) in [5.74, 6) is 0. The zero-order valence-electron chi connectivity index (χ0n) is 8.93. The molecule has 0 saturated carbocycles. The minimum atomic E-state index is -0.177. The van der Waals surface area contributed by atoms with Gasteiger partial charge in [-0.05, 0) is 22.3 Å². The summed E-state index contributed by atoms with van der Waals surface area (Å²) in [6.45, 7) is -0.707. The van der Waals surface area contributed by atoms with Crippen molar-refractivity contribution in [3.05, 3.63) is 46.6 Å². The molecule has 1 aliphatic rings. The van der Waals surface area contributed by atoms with E-state index in [2.05, 4.69) is 0 Å². The summed E-state index contributed by atoms with van der Waals surface area (Å²) >= 11 is 0. The third-order valence-corrected chi connectivity index (χ3v) is 2.48. The van der Waals surface area contributed by atoms with E-state index in [1.54, 1.807) is 24.3 Å². The Labute approximate surface area is 94.2 Å². The second kappa shape index (κ2) is 6.40. The van der Waals surface area contributed by atoms with Crippen LogP contribution in [-0.2, 0) is 0 Å². The van der Waals surface area contributed by atoms with Crippen LogP contribution in [0.25, 0.3) is 0 Å². The van der Waals surface area contributed by atoms with Crippen LogP contribution in [0, 0.1) is 0 Å². The molecule has 0 aromatic carbocycles. The van der Waals surface area contributed by atoms with Crippen molar-refractivity contribution < 1.29 is 20.4 Å². The van der Waals surface area contributed by atoms with Crippen molar-refractivity contribution in [3.8, 4) is 0 Å². The van der Waals surface area contributed by atoms with Crippen LogP contribution in [0.4, 0.5) is 0 Å². The van der Waals surface area contributed by atoms with Crippen LogP contribution in [-0.4, -0.2) is 46.9 Å². The van der Waals surface area contributed by atoms with Crippen molar-refractivity contribution in [1.29, 1.82) is 0 Å². The first-order valence-corrected chi connectivity index (χ1v) is 5.00. The van der Waals surface area contributed by atoms with Gasteiger partial charge in [0.15, 0.2) is 0 Å². The third-order valence-electron chi connectivity index (χ3n) is 2.48. The summed E-state index contributed by atoms with van der Waals surface area (Å²) in [5.41, 5.74) is 2.40. The molecule has 0 amide bonds. The van der Waals surface area contributed by atoms with Crippen LogP contribution >= 0.6 is 0 Å². The molecule has 0 heterocycles. The van der Waals surface area contributed by atoms with E-state index in [0.29, 0.717) is 22.3 Å². The maximum atomic E-state index is 9.11. The van der Waals surface area contributed by atoms with Gasteiger partial charge in [0.05, 0.1) is 26.4 Å². The van der Waals surface area contributed by atoms with Crippen LogP contribution in [0.1, 0.15) is 0 Å². The Morgan fingerprint density at radius 1 is 0.500 bits per heavy atom. The average Bonchev–Trinajstić information content (AvgIpc) is 2.30. The molecule has 0 unspecified atom stereocenters. The van der Waals surface area contributed by atoms with Gasteiger partial charge in [-0.2, -0.15) is 0 Å². The average molecular weight is 224 g/mol. The maximum Gasteiger partial charge on any atom is 0.0685 e. The van der Waals surface area contributed by atoms with Crippen LogP contribution < -0.4 is 0 Å². The molecule has 0 aromatic rings. The van der Waals surface area contributed by atoms with E-state index in [1.807, 2.05) is 0 Å². The van der Waals surface area contributed by atoms with Crippen molar-refractivity contribution in [1.82, 2.24) is 0 Å². The zero-order chi connectivity index (χ0) is 12.0. The molecule has 0 saturated heterocycles. The highest BCUT2D eigenvalue weighted by atomic mass is 16.3. The fourth-order valence-electron chi connectivity index (χ4n) is 1.45. The number of aliphatic hydroxyl groups is 4. The number of hydrogen-bond acceptors (Lipinski definition) is 4. The minimum Gasteiger partial charge on any atom is -0.392 e. The van der Waals surface area contributed by atoms with Crippen LogP contribution in [0.2, 0.25) is 0 Å². The van der Waals surface area contributed by atoms with Gasteiger partial charge in [0, 0.05) is 0 Å². The molecule has 16 heavy (non-hydrogen) atoms. The Morgan fingerprint density at radius 2 is 0.688 bits per heavy atom. The van der Waals surface area contributed by atoms with Gasteiger partial charge < -0.3 is 20.4 Å². The first-order chi connectivity index (χ1) is 7.76. The fraction of sp³-hybridized carbons (Fsp3) is 0.333. The lowest BCUT2D eigenvalue weighted by Gasteiger charge is -2.11. The molecular formula is C12H16O4. The van der Waals surface area contributed by atoms with Gasteiger partial charge in [-0.3, -0.25) is 0 Å². The molecule has 88 valence electrons. The van der Waals surface area contributed by atoms with Crippen LogP contribution in [0.5, 0.6) is 0 Å². The molecule has 0 radical (unpaired) electrons. The molecule has 4 nitrogen and oxygen atoms in total. The Hall–Kier alpha value is -1.20. The summed E-state index contributed by atoms with van der Waals surface area (Å²) < 4.78 is 0. The van der Waals surface area contributed by atoms with E-state index in [-0.39, 0.29) is 26.4 Å². The summed E-state index contributed by atoms with van der Waals surface area (Å²) in [5, 5.41) is 36.4. The molecule has 0 fully saturated rings. The van der Waals surface area contributed by atoms with Gasteiger partial charge in [0.25, 0.3) is 0 Å². The lowest BCUT2D eigenvalue weighted by Crippen LogP contribution is -2.05. The van der Waals surface area contributed by atoms with E-state index < -0.39 is 0 Å². The second-order valence-electron chi connectivity index (χ2n) is 3.40. The minimum absolute atomic E-state index is 0.177.